The fraction of sp³-hybridized carbons (Fsp3) is 0.375. The van der Waals surface area contributed by atoms with Gasteiger partial charge < -0.3 is 4.74 Å². The molecule has 0 saturated heterocycles. The van der Waals surface area contributed by atoms with E-state index in [-0.39, 0.29) is 5.97 Å². The number of esters is 1. The van der Waals surface area contributed by atoms with Gasteiger partial charge in [-0.2, -0.15) is 5.10 Å². The summed E-state index contributed by atoms with van der Waals surface area (Å²) in [5.41, 5.74) is 3.79. The third-order valence-electron chi connectivity index (χ3n) is 3.44. The lowest BCUT2D eigenvalue weighted by Gasteiger charge is -2.09. The summed E-state index contributed by atoms with van der Waals surface area (Å²) in [7, 11) is 0. The van der Waals surface area contributed by atoms with Crippen molar-refractivity contribution in [3.8, 4) is 5.88 Å². The SMILES string of the molecule is CCC(=O)Oc1c(C)c(C)nn1Cc1ccc(C)c(Cl)c1. The van der Waals surface area contributed by atoms with Gasteiger partial charge in [0.1, 0.15) is 0 Å². The Balaban J connectivity index is 2.32. The van der Waals surface area contributed by atoms with Crippen LogP contribution in [0.5, 0.6) is 5.88 Å². The average Bonchev–Trinajstić information content (AvgIpc) is 2.70. The number of aryl methyl sites for hydroxylation is 2. The molecule has 0 aliphatic heterocycles. The monoisotopic (exact) mass is 306 g/mol. The predicted molar refractivity (Wildman–Crippen MR) is 82.9 cm³/mol. The van der Waals surface area contributed by atoms with Crippen molar-refractivity contribution in [3.05, 3.63) is 45.6 Å². The molecule has 0 unspecified atom stereocenters. The summed E-state index contributed by atoms with van der Waals surface area (Å²) in [5, 5.41) is 5.16. The molecule has 4 nitrogen and oxygen atoms in total. The first-order chi connectivity index (χ1) is 9.92. The third-order valence-corrected chi connectivity index (χ3v) is 3.84. The minimum absolute atomic E-state index is 0.263. The van der Waals surface area contributed by atoms with Crippen LogP contribution in [0.3, 0.4) is 0 Å². The van der Waals surface area contributed by atoms with Crippen LogP contribution in [0.4, 0.5) is 0 Å². The first-order valence-corrected chi connectivity index (χ1v) is 7.30. The van der Waals surface area contributed by atoms with Crippen LogP contribution in [0.1, 0.15) is 35.7 Å². The number of benzene rings is 1. The van der Waals surface area contributed by atoms with Gasteiger partial charge in [-0.15, -0.1) is 0 Å². The number of rotatable bonds is 4. The number of carbonyl (C=O) groups is 1. The summed E-state index contributed by atoms with van der Waals surface area (Å²) in [6.45, 7) is 8.05. The molecular weight excluding hydrogens is 288 g/mol. The molecule has 0 radical (unpaired) electrons. The van der Waals surface area contributed by atoms with Crippen molar-refractivity contribution in [1.29, 1.82) is 0 Å². The standard InChI is InChI=1S/C16H19ClN2O2/c1-5-15(20)21-16-11(3)12(4)18-19(16)9-13-7-6-10(2)14(17)8-13/h6-8H,5,9H2,1-4H3. The molecule has 2 aromatic rings. The summed E-state index contributed by atoms with van der Waals surface area (Å²) in [4.78, 5) is 11.6. The van der Waals surface area contributed by atoms with Gasteiger partial charge in [-0.1, -0.05) is 30.7 Å². The number of hydrogen-bond donors (Lipinski definition) is 0. The fourth-order valence-corrected chi connectivity index (χ4v) is 2.18. The molecule has 1 aromatic carbocycles. The van der Waals surface area contributed by atoms with Gasteiger partial charge in [-0.3, -0.25) is 4.79 Å². The highest BCUT2D eigenvalue weighted by Gasteiger charge is 2.16. The van der Waals surface area contributed by atoms with Gasteiger partial charge in [0.05, 0.1) is 12.2 Å². The molecule has 0 aliphatic carbocycles. The van der Waals surface area contributed by atoms with Crippen LogP contribution in [-0.4, -0.2) is 15.7 Å². The Hall–Kier alpha value is -1.81. The zero-order valence-electron chi connectivity index (χ0n) is 12.7. The lowest BCUT2D eigenvalue weighted by Crippen LogP contribution is -2.12. The second kappa shape index (κ2) is 6.31. The number of ether oxygens (including phenoxy) is 1. The maximum Gasteiger partial charge on any atom is 0.312 e. The normalized spacial score (nSPS) is 10.7. The quantitative estimate of drug-likeness (QED) is 0.806. The minimum Gasteiger partial charge on any atom is -0.407 e. The smallest absolute Gasteiger partial charge is 0.312 e. The van der Waals surface area contributed by atoms with Crippen LogP contribution in [0.25, 0.3) is 0 Å². The van der Waals surface area contributed by atoms with E-state index in [4.69, 9.17) is 16.3 Å². The summed E-state index contributed by atoms with van der Waals surface area (Å²) < 4.78 is 7.11. The minimum atomic E-state index is -0.263. The van der Waals surface area contributed by atoms with E-state index in [1.165, 1.54) is 0 Å². The number of aromatic nitrogens is 2. The van der Waals surface area contributed by atoms with Crippen molar-refractivity contribution in [1.82, 2.24) is 9.78 Å². The Bertz CT molecular complexity index is 677. The molecule has 112 valence electrons. The molecule has 5 heteroatoms. The van der Waals surface area contributed by atoms with Crippen molar-refractivity contribution >= 4 is 17.6 Å². The van der Waals surface area contributed by atoms with E-state index in [1.807, 2.05) is 39.0 Å². The van der Waals surface area contributed by atoms with E-state index in [1.54, 1.807) is 11.6 Å². The van der Waals surface area contributed by atoms with E-state index in [0.717, 1.165) is 27.4 Å². The van der Waals surface area contributed by atoms with E-state index in [9.17, 15) is 4.79 Å². The molecule has 0 amide bonds. The van der Waals surface area contributed by atoms with Crippen molar-refractivity contribution < 1.29 is 9.53 Å². The van der Waals surface area contributed by atoms with Gasteiger partial charge in [0.25, 0.3) is 0 Å². The third kappa shape index (κ3) is 3.45. The number of nitrogens with zero attached hydrogens (tertiary/aromatic N) is 2. The van der Waals surface area contributed by atoms with Crippen molar-refractivity contribution in [2.75, 3.05) is 0 Å². The summed E-state index contributed by atoms with van der Waals surface area (Å²) in [5.74, 6) is 0.247. The van der Waals surface area contributed by atoms with Gasteiger partial charge in [0.2, 0.25) is 5.88 Å². The second-order valence-corrected chi connectivity index (χ2v) is 5.49. The highest BCUT2D eigenvalue weighted by Crippen LogP contribution is 2.24. The summed E-state index contributed by atoms with van der Waals surface area (Å²) in [6.07, 6.45) is 0.333. The molecule has 2 rings (SSSR count). The van der Waals surface area contributed by atoms with Crippen LogP contribution in [-0.2, 0) is 11.3 Å². The lowest BCUT2D eigenvalue weighted by molar-refractivity contribution is -0.134. The van der Waals surface area contributed by atoms with Crippen molar-refractivity contribution in [2.45, 2.75) is 40.7 Å². The number of halogens is 1. The highest BCUT2D eigenvalue weighted by molar-refractivity contribution is 6.31. The maximum absolute atomic E-state index is 11.6. The first-order valence-electron chi connectivity index (χ1n) is 6.92. The van der Waals surface area contributed by atoms with Gasteiger partial charge >= 0.3 is 5.97 Å². The zero-order valence-corrected chi connectivity index (χ0v) is 13.5. The molecule has 0 N–H and O–H groups in total. The highest BCUT2D eigenvalue weighted by atomic mass is 35.5. The van der Waals surface area contributed by atoms with Gasteiger partial charge in [0, 0.05) is 17.0 Å². The predicted octanol–water partition coefficient (Wildman–Crippen LogP) is 3.83. The second-order valence-electron chi connectivity index (χ2n) is 5.08. The lowest BCUT2D eigenvalue weighted by atomic mass is 10.1. The van der Waals surface area contributed by atoms with Gasteiger partial charge in [-0.25, -0.2) is 4.68 Å². The van der Waals surface area contributed by atoms with Gasteiger partial charge in [-0.05, 0) is 38.0 Å². The molecule has 0 bridgehead atoms. The summed E-state index contributed by atoms with van der Waals surface area (Å²) >= 11 is 6.15. The molecule has 0 saturated carbocycles. The molecule has 1 heterocycles. The van der Waals surface area contributed by atoms with Gasteiger partial charge in [0.15, 0.2) is 0 Å². The van der Waals surface area contributed by atoms with Crippen LogP contribution >= 0.6 is 11.6 Å². The number of carbonyl (C=O) groups excluding carboxylic acids is 1. The molecule has 0 atom stereocenters. The molecule has 0 spiro atoms. The maximum atomic E-state index is 11.6. The van der Waals surface area contributed by atoms with Crippen LogP contribution in [0, 0.1) is 20.8 Å². The number of hydrogen-bond acceptors (Lipinski definition) is 3. The van der Waals surface area contributed by atoms with Crippen molar-refractivity contribution in [2.24, 2.45) is 0 Å². The Morgan fingerprint density at radius 2 is 2.05 bits per heavy atom. The first kappa shape index (κ1) is 15.6. The Kier molecular flexibility index (Phi) is 4.68. The Morgan fingerprint density at radius 1 is 1.33 bits per heavy atom. The van der Waals surface area contributed by atoms with Crippen LogP contribution in [0.15, 0.2) is 18.2 Å². The molecule has 1 aromatic heterocycles. The molecule has 0 fully saturated rings. The Labute approximate surface area is 129 Å². The van der Waals surface area contributed by atoms with E-state index in [2.05, 4.69) is 5.10 Å². The fourth-order valence-electron chi connectivity index (χ4n) is 1.97. The van der Waals surface area contributed by atoms with Crippen LogP contribution in [0.2, 0.25) is 5.02 Å². The van der Waals surface area contributed by atoms with E-state index < -0.39 is 0 Å². The summed E-state index contributed by atoms with van der Waals surface area (Å²) in [6, 6.07) is 5.88. The molecular formula is C16H19ClN2O2. The largest absolute Gasteiger partial charge is 0.407 e. The topological polar surface area (TPSA) is 44.1 Å². The van der Waals surface area contributed by atoms with Crippen LogP contribution < -0.4 is 4.74 Å². The average molecular weight is 307 g/mol. The van der Waals surface area contributed by atoms with E-state index in [0.29, 0.717) is 18.8 Å². The van der Waals surface area contributed by atoms with E-state index >= 15 is 0 Å². The zero-order chi connectivity index (χ0) is 15.6. The molecule has 0 aliphatic rings. The molecule has 21 heavy (non-hydrogen) atoms. The van der Waals surface area contributed by atoms with Crippen molar-refractivity contribution in [3.63, 3.8) is 0 Å². The Morgan fingerprint density at radius 3 is 2.67 bits per heavy atom.